The van der Waals surface area contributed by atoms with Crippen LogP contribution in [0.15, 0.2) is 0 Å². The van der Waals surface area contributed by atoms with Gasteiger partial charge in [-0.15, -0.1) is 0 Å². The number of thioether (sulfide) groups is 1. The molecule has 2 heterocycles. The van der Waals surface area contributed by atoms with Crippen LogP contribution in [0, 0.1) is 0 Å². The van der Waals surface area contributed by atoms with Gasteiger partial charge in [0.05, 0.1) is 6.10 Å². The zero-order chi connectivity index (χ0) is 13.3. The van der Waals surface area contributed by atoms with Crippen LogP contribution in [0.2, 0.25) is 0 Å². The molecule has 0 aromatic carbocycles. The average Bonchev–Trinajstić information content (AvgIpc) is 2.70. The third-order valence-corrected chi connectivity index (χ3v) is 4.46. The topological polar surface area (TPSA) is 81.1 Å². The molecule has 0 bridgehead atoms. The van der Waals surface area contributed by atoms with Crippen LogP contribution in [-0.4, -0.2) is 74.8 Å². The van der Waals surface area contributed by atoms with Crippen molar-refractivity contribution in [2.45, 2.75) is 30.7 Å². The molecule has 2 N–H and O–H groups in total. The Bertz CT molecular complexity index is 352. The van der Waals surface area contributed by atoms with Crippen LogP contribution in [0.5, 0.6) is 0 Å². The molecule has 18 heavy (non-hydrogen) atoms. The lowest BCUT2D eigenvalue weighted by Gasteiger charge is -2.34. The van der Waals surface area contributed by atoms with E-state index in [0.717, 1.165) is 5.75 Å². The minimum Gasteiger partial charge on any atom is -0.480 e. The molecule has 2 fully saturated rings. The van der Waals surface area contributed by atoms with Crippen molar-refractivity contribution in [3.8, 4) is 0 Å². The van der Waals surface area contributed by atoms with Gasteiger partial charge in [-0.1, -0.05) is 6.92 Å². The predicted octanol–water partition coefficient (Wildman–Crippen LogP) is 0.0635. The van der Waals surface area contributed by atoms with Crippen molar-refractivity contribution >= 4 is 23.8 Å². The van der Waals surface area contributed by atoms with Crippen LogP contribution in [0.1, 0.15) is 13.3 Å². The van der Waals surface area contributed by atoms with E-state index < -0.39 is 18.1 Å². The first-order valence-electron chi connectivity index (χ1n) is 6.07. The Morgan fingerprint density at radius 1 is 1.33 bits per heavy atom. The lowest BCUT2D eigenvalue weighted by molar-refractivity contribution is -0.141. The van der Waals surface area contributed by atoms with E-state index in [4.69, 9.17) is 5.11 Å². The zero-order valence-corrected chi connectivity index (χ0v) is 11.1. The lowest BCUT2D eigenvalue weighted by Crippen LogP contribution is -2.51. The summed E-state index contributed by atoms with van der Waals surface area (Å²) >= 11 is 1.81. The largest absolute Gasteiger partial charge is 0.480 e. The molecule has 0 radical (unpaired) electrons. The van der Waals surface area contributed by atoms with Gasteiger partial charge in [0.2, 0.25) is 0 Å². The number of hydrogen-bond acceptors (Lipinski definition) is 4. The first kappa shape index (κ1) is 13.5. The molecule has 0 aliphatic carbocycles. The number of aliphatic carboxylic acids is 1. The summed E-state index contributed by atoms with van der Waals surface area (Å²) in [4.78, 5) is 26.3. The quantitative estimate of drug-likeness (QED) is 0.707. The minimum atomic E-state index is -1.04. The summed E-state index contributed by atoms with van der Waals surface area (Å²) in [6.07, 6.45) is -0.606. The fraction of sp³-hybridized carbons (Fsp3) is 0.818. The SMILES string of the molecule is CC1CN(C(=O)N2C[C@H](O)C[C@@H]2C(=O)O)CCS1. The highest BCUT2D eigenvalue weighted by molar-refractivity contribution is 7.99. The number of amides is 2. The van der Waals surface area contributed by atoms with Gasteiger partial charge < -0.3 is 20.0 Å². The molecule has 2 aliphatic heterocycles. The Morgan fingerprint density at radius 2 is 2.06 bits per heavy atom. The molecule has 1 unspecified atom stereocenters. The molecule has 0 aromatic rings. The summed E-state index contributed by atoms with van der Waals surface area (Å²) in [6.45, 7) is 3.46. The first-order chi connectivity index (χ1) is 8.49. The Hall–Kier alpha value is -0.950. The van der Waals surface area contributed by atoms with Gasteiger partial charge in [0, 0.05) is 37.1 Å². The molecule has 3 atom stereocenters. The zero-order valence-electron chi connectivity index (χ0n) is 10.3. The summed E-state index contributed by atoms with van der Waals surface area (Å²) in [5, 5.41) is 19.0. The summed E-state index contributed by atoms with van der Waals surface area (Å²) in [5.41, 5.74) is 0. The van der Waals surface area contributed by atoms with Crippen LogP contribution in [0.3, 0.4) is 0 Å². The van der Waals surface area contributed by atoms with E-state index in [2.05, 4.69) is 6.92 Å². The summed E-state index contributed by atoms with van der Waals surface area (Å²) in [6, 6.07) is -1.15. The number of carboxylic acids is 1. The van der Waals surface area contributed by atoms with Crippen molar-refractivity contribution in [3.05, 3.63) is 0 Å². The van der Waals surface area contributed by atoms with E-state index in [9.17, 15) is 14.7 Å². The van der Waals surface area contributed by atoms with E-state index >= 15 is 0 Å². The summed E-state index contributed by atoms with van der Waals surface area (Å²) in [5.74, 6) is -0.166. The van der Waals surface area contributed by atoms with E-state index in [-0.39, 0.29) is 19.0 Å². The number of hydrogen-bond donors (Lipinski definition) is 2. The van der Waals surface area contributed by atoms with Crippen molar-refractivity contribution in [2.24, 2.45) is 0 Å². The number of carbonyl (C=O) groups excluding carboxylic acids is 1. The highest BCUT2D eigenvalue weighted by atomic mass is 32.2. The van der Waals surface area contributed by atoms with Gasteiger partial charge >= 0.3 is 12.0 Å². The summed E-state index contributed by atoms with van der Waals surface area (Å²) < 4.78 is 0. The lowest BCUT2D eigenvalue weighted by atomic mass is 10.2. The molecule has 0 aromatic heterocycles. The smallest absolute Gasteiger partial charge is 0.326 e. The number of β-amino-alcohol motifs (C(OH)–C–C–N with tert-alkyl or cyclic N) is 1. The Morgan fingerprint density at radius 3 is 2.67 bits per heavy atom. The number of aliphatic hydroxyl groups excluding tert-OH is 1. The molecule has 2 saturated heterocycles. The maximum absolute atomic E-state index is 12.3. The maximum atomic E-state index is 12.3. The van der Waals surface area contributed by atoms with Gasteiger partial charge in [-0.05, 0) is 0 Å². The fourth-order valence-electron chi connectivity index (χ4n) is 2.43. The molecule has 0 spiro atoms. The number of aliphatic hydroxyl groups is 1. The van der Waals surface area contributed by atoms with Crippen molar-refractivity contribution in [1.82, 2.24) is 9.80 Å². The molecule has 2 rings (SSSR count). The van der Waals surface area contributed by atoms with Gasteiger partial charge in [0.25, 0.3) is 0 Å². The van der Waals surface area contributed by atoms with Crippen LogP contribution >= 0.6 is 11.8 Å². The van der Waals surface area contributed by atoms with Gasteiger partial charge in [-0.25, -0.2) is 9.59 Å². The van der Waals surface area contributed by atoms with Crippen LogP contribution in [0.4, 0.5) is 4.79 Å². The maximum Gasteiger partial charge on any atom is 0.326 e. The Balaban J connectivity index is 2.05. The highest BCUT2D eigenvalue weighted by Gasteiger charge is 2.41. The number of urea groups is 1. The number of carbonyl (C=O) groups is 2. The summed E-state index contributed by atoms with van der Waals surface area (Å²) in [7, 11) is 0. The van der Waals surface area contributed by atoms with E-state index in [1.807, 2.05) is 11.8 Å². The Kier molecular flexibility index (Phi) is 4.01. The van der Waals surface area contributed by atoms with Gasteiger partial charge in [0.15, 0.2) is 0 Å². The van der Waals surface area contributed by atoms with Crippen LogP contribution in [0.25, 0.3) is 0 Å². The molecule has 0 saturated carbocycles. The molecular weight excluding hydrogens is 256 g/mol. The van der Waals surface area contributed by atoms with Gasteiger partial charge in [-0.3, -0.25) is 0 Å². The first-order valence-corrected chi connectivity index (χ1v) is 7.12. The third-order valence-electron chi connectivity index (χ3n) is 3.32. The Labute approximate surface area is 110 Å². The van der Waals surface area contributed by atoms with Crippen LogP contribution in [-0.2, 0) is 4.79 Å². The van der Waals surface area contributed by atoms with E-state index in [0.29, 0.717) is 18.3 Å². The number of nitrogens with zero attached hydrogens (tertiary/aromatic N) is 2. The molecule has 7 heteroatoms. The van der Waals surface area contributed by atoms with Crippen molar-refractivity contribution < 1.29 is 19.8 Å². The second-order valence-electron chi connectivity index (χ2n) is 4.81. The molecule has 102 valence electrons. The molecule has 2 amide bonds. The minimum absolute atomic E-state index is 0.119. The third kappa shape index (κ3) is 2.72. The second-order valence-corrected chi connectivity index (χ2v) is 6.35. The van der Waals surface area contributed by atoms with Gasteiger partial charge in [0.1, 0.15) is 6.04 Å². The molecule has 6 nitrogen and oxygen atoms in total. The molecule has 2 aliphatic rings. The van der Waals surface area contributed by atoms with E-state index in [1.165, 1.54) is 4.90 Å². The monoisotopic (exact) mass is 274 g/mol. The number of likely N-dealkylation sites (tertiary alicyclic amines) is 1. The highest BCUT2D eigenvalue weighted by Crippen LogP contribution is 2.23. The number of carboxylic acid groups (broad SMARTS) is 1. The standard InChI is InChI=1S/C11H18N2O4S/c1-7-5-12(2-3-18-7)11(17)13-6-8(14)4-9(13)10(15)16/h7-9,14H,2-6H2,1H3,(H,15,16)/t7?,8-,9-/m1/s1. The predicted molar refractivity (Wildman–Crippen MR) is 67.6 cm³/mol. The van der Waals surface area contributed by atoms with Crippen LogP contribution < -0.4 is 0 Å². The van der Waals surface area contributed by atoms with E-state index in [1.54, 1.807) is 4.90 Å². The van der Waals surface area contributed by atoms with Crippen molar-refractivity contribution in [3.63, 3.8) is 0 Å². The fourth-order valence-corrected chi connectivity index (χ4v) is 3.45. The number of rotatable bonds is 1. The normalized spacial score (nSPS) is 32.7. The van der Waals surface area contributed by atoms with Crippen molar-refractivity contribution in [2.75, 3.05) is 25.4 Å². The van der Waals surface area contributed by atoms with Gasteiger partial charge in [-0.2, -0.15) is 11.8 Å². The van der Waals surface area contributed by atoms with Crippen molar-refractivity contribution in [1.29, 1.82) is 0 Å². The molecular formula is C11H18N2O4S. The second kappa shape index (κ2) is 5.36. The average molecular weight is 274 g/mol.